The van der Waals surface area contributed by atoms with Crippen LogP contribution in [0.15, 0.2) is 54.3 Å². The summed E-state index contributed by atoms with van der Waals surface area (Å²) in [5.41, 5.74) is 3.33. The Kier molecular flexibility index (Phi) is 7.08. The molecule has 0 heterocycles. The number of hydroxylamine groups is 1. The molecule has 0 radical (unpaired) electrons. The van der Waals surface area contributed by atoms with Gasteiger partial charge in [0, 0.05) is 25.3 Å². The minimum Gasteiger partial charge on any atom is -0.495 e. The van der Waals surface area contributed by atoms with E-state index in [4.69, 9.17) is 4.74 Å². The van der Waals surface area contributed by atoms with Crippen LogP contribution in [0.25, 0.3) is 0 Å². The predicted molar refractivity (Wildman–Crippen MR) is 90.6 cm³/mol. The number of amides is 1. The number of carbonyl (C=O) groups is 2. The van der Waals surface area contributed by atoms with E-state index in [0.717, 1.165) is 25.0 Å². The monoisotopic (exact) mass is 329 g/mol. The maximum Gasteiger partial charge on any atom is 0.355 e. The number of allylic oxidation sites excluding steroid dienone is 3. The van der Waals surface area contributed by atoms with Gasteiger partial charge in [0.25, 0.3) is 5.91 Å². The quantitative estimate of drug-likeness (QED) is 0.587. The second-order valence-corrected chi connectivity index (χ2v) is 5.62. The van der Waals surface area contributed by atoms with Gasteiger partial charge in [-0.1, -0.05) is 36.4 Å². The van der Waals surface area contributed by atoms with Crippen LogP contribution in [-0.2, 0) is 25.6 Å². The van der Waals surface area contributed by atoms with Crippen LogP contribution < -0.4 is 5.48 Å². The van der Waals surface area contributed by atoms with Gasteiger partial charge < -0.3 is 9.57 Å². The maximum absolute atomic E-state index is 11.8. The van der Waals surface area contributed by atoms with Crippen LogP contribution in [0.3, 0.4) is 0 Å². The molecule has 24 heavy (non-hydrogen) atoms. The van der Waals surface area contributed by atoms with E-state index in [2.05, 4.69) is 16.4 Å². The average molecular weight is 329 g/mol. The highest BCUT2D eigenvalue weighted by Gasteiger charge is 2.18. The van der Waals surface area contributed by atoms with Gasteiger partial charge in [-0.2, -0.15) is 5.48 Å². The Hall–Kier alpha value is -2.56. The SMILES string of the molecule is CC=CC(=O)ONC(=O)CCC(Cc1ccccc1)OC1=CCC1. The molecule has 0 saturated heterocycles. The first-order valence-corrected chi connectivity index (χ1v) is 8.19. The van der Waals surface area contributed by atoms with Gasteiger partial charge in [0.1, 0.15) is 6.10 Å². The summed E-state index contributed by atoms with van der Waals surface area (Å²) in [7, 11) is 0. The molecule has 5 nitrogen and oxygen atoms in total. The van der Waals surface area contributed by atoms with E-state index in [1.165, 1.54) is 11.6 Å². The van der Waals surface area contributed by atoms with Crippen LogP contribution in [-0.4, -0.2) is 18.0 Å². The van der Waals surface area contributed by atoms with E-state index in [1.807, 2.05) is 30.3 Å². The third-order valence-electron chi connectivity index (χ3n) is 3.65. The van der Waals surface area contributed by atoms with E-state index in [0.29, 0.717) is 6.42 Å². The largest absolute Gasteiger partial charge is 0.495 e. The summed E-state index contributed by atoms with van der Waals surface area (Å²) in [6.45, 7) is 1.70. The summed E-state index contributed by atoms with van der Waals surface area (Å²) in [6.07, 6.45) is 8.31. The molecule has 1 aliphatic rings. The van der Waals surface area contributed by atoms with Crippen molar-refractivity contribution in [2.24, 2.45) is 0 Å². The molecule has 0 bridgehead atoms. The van der Waals surface area contributed by atoms with Gasteiger partial charge in [0.15, 0.2) is 0 Å². The minimum atomic E-state index is -0.595. The molecule has 1 aliphatic carbocycles. The molecule has 128 valence electrons. The smallest absolute Gasteiger partial charge is 0.355 e. The summed E-state index contributed by atoms with van der Waals surface area (Å²) in [5, 5.41) is 0. The molecule has 5 heteroatoms. The molecule has 2 rings (SSSR count). The zero-order valence-electron chi connectivity index (χ0n) is 13.9. The zero-order valence-corrected chi connectivity index (χ0v) is 13.9. The molecular formula is C19H23NO4. The highest BCUT2D eigenvalue weighted by molar-refractivity contribution is 5.84. The van der Waals surface area contributed by atoms with Crippen molar-refractivity contribution < 1.29 is 19.2 Å². The van der Waals surface area contributed by atoms with Crippen LogP contribution in [0.4, 0.5) is 0 Å². The van der Waals surface area contributed by atoms with E-state index < -0.39 is 5.97 Å². The van der Waals surface area contributed by atoms with Gasteiger partial charge in [-0.05, 0) is 31.4 Å². The van der Waals surface area contributed by atoms with Crippen molar-refractivity contribution in [1.82, 2.24) is 5.48 Å². The second-order valence-electron chi connectivity index (χ2n) is 5.62. The van der Waals surface area contributed by atoms with Gasteiger partial charge in [-0.25, -0.2) is 4.79 Å². The maximum atomic E-state index is 11.8. The van der Waals surface area contributed by atoms with Crippen molar-refractivity contribution in [3.8, 4) is 0 Å². The number of carbonyl (C=O) groups excluding carboxylic acids is 2. The molecule has 1 aromatic rings. The lowest BCUT2D eigenvalue weighted by molar-refractivity contribution is -0.153. The summed E-state index contributed by atoms with van der Waals surface area (Å²) in [4.78, 5) is 27.6. The third-order valence-corrected chi connectivity index (χ3v) is 3.65. The van der Waals surface area contributed by atoms with E-state index in [-0.39, 0.29) is 18.4 Å². The Morgan fingerprint density at radius 1 is 1.29 bits per heavy atom. The Morgan fingerprint density at radius 2 is 2.04 bits per heavy atom. The van der Waals surface area contributed by atoms with Crippen molar-refractivity contribution in [1.29, 1.82) is 0 Å². The fourth-order valence-corrected chi connectivity index (χ4v) is 2.28. The molecule has 0 saturated carbocycles. The van der Waals surface area contributed by atoms with Gasteiger partial charge in [0.2, 0.25) is 0 Å². The van der Waals surface area contributed by atoms with Gasteiger partial charge in [0.05, 0.1) is 5.76 Å². The fraction of sp³-hybridized carbons (Fsp3) is 0.368. The summed E-state index contributed by atoms with van der Waals surface area (Å²) >= 11 is 0. The van der Waals surface area contributed by atoms with Crippen molar-refractivity contribution in [2.45, 2.75) is 45.1 Å². The second kappa shape index (κ2) is 9.55. The van der Waals surface area contributed by atoms with Crippen molar-refractivity contribution >= 4 is 11.9 Å². The number of hydrogen-bond donors (Lipinski definition) is 1. The number of nitrogens with one attached hydrogen (secondary N) is 1. The highest BCUT2D eigenvalue weighted by atomic mass is 16.7. The Labute approximate surface area is 142 Å². The number of benzene rings is 1. The summed E-state index contributed by atoms with van der Waals surface area (Å²) in [5.74, 6) is 0.0653. The first-order chi connectivity index (χ1) is 11.7. The van der Waals surface area contributed by atoms with E-state index >= 15 is 0 Å². The first-order valence-electron chi connectivity index (χ1n) is 8.19. The third kappa shape index (κ3) is 6.28. The lowest BCUT2D eigenvalue weighted by atomic mass is 10.0. The Balaban J connectivity index is 1.81. The predicted octanol–water partition coefficient (Wildman–Crippen LogP) is 3.22. The van der Waals surface area contributed by atoms with Crippen molar-refractivity contribution in [2.75, 3.05) is 0 Å². The fourth-order valence-electron chi connectivity index (χ4n) is 2.28. The molecule has 0 aromatic heterocycles. The van der Waals surface area contributed by atoms with Crippen LogP contribution in [0.2, 0.25) is 0 Å². The topological polar surface area (TPSA) is 64.6 Å². The molecular weight excluding hydrogens is 306 g/mol. The summed E-state index contributed by atoms with van der Waals surface area (Å²) < 4.78 is 5.97. The van der Waals surface area contributed by atoms with Gasteiger partial charge in [-0.15, -0.1) is 0 Å². The normalized spacial score (nSPS) is 14.5. The van der Waals surface area contributed by atoms with Crippen molar-refractivity contribution in [3.63, 3.8) is 0 Å². The number of ether oxygens (including phenoxy) is 1. The first kappa shape index (κ1) is 17.8. The Bertz CT molecular complexity index is 607. The van der Waals surface area contributed by atoms with Gasteiger partial charge >= 0.3 is 5.97 Å². The van der Waals surface area contributed by atoms with E-state index in [9.17, 15) is 9.59 Å². The Morgan fingerprint density at radius 3 is 2.67 bits per heavy atom. The van der Waals surface area contributed by atoms with Crippen LogP contribution in [0.5, 0.6) is 0 Å². The van der Waals surface area contributed by atoms with E-state index in [1.54, 1.807) is 13.0 Å². The molecule has 1 N–H and O–H groups in total. The van der Waals surface area contributed by atoms with Crippen LogP contribution in [0, 0.1) is 0 Å². The zero-order chi connectivity index (χ0) is 17.2. The minimum absolute atomic E-state index is 0.0732. The van der Waals surface area contributed by atoms with Crippen LogP contribution in [0.1, 0.15) is 38.2 Å². The molecule has 1 unspecified atom stereocenters. The molecule has 1 aromatic carbocycles. The van der Waals surface area contributed by atoms with Gasteiger partial charge in [-0.3, -0.25) is 4.79 Å². The molecule has 0 spiro atoms. The standard InChI is InChI=1S/C19H23NO4/c1-2-7-19(22)24-20-18(21)13-12-17(23-16-10-6-11-16)14-15-8-4-3-5-9-15/h2-5,7-10,17H,6,11-14H2,1H3,(H,20,21). The lowest BCUT2D eigenvalue weighted by Gasteiger charge is -2.24. The molecule has 1 amide bonds. The van der Waals surface area contributed by atoms with Crippen LogP contribution >= 0.6 is 0 Å². The molecule has 0 aliphatic heterocycles. The molecule has 1 atom stereocenters. The number of rotatable bonds is 8. The molecule has 0 fully saturated rings. The average Bonchev–Trinajstić information content (AvgIpc) is 2.55. The van der Waals surface area contributed by atoms with Crippen molar-refractivity contribution in [3.05, 3.63) is 59.9 Å². The number of hydrogen-bond acceptors (Lipinski definition) is 4. The lowest BCUT2D eigenvalue weighted by Crippen LogP contribution is -2.28. The summed E-state index contributed by atoms with van der Waals surface area (Å²) in [6, 6.07) is 10.0. The highest BCUT2D eigenvalue weighted by Crippen LogP contribution is 2.23.